The van der Waals surface area contributed by atoms with E-state index in [9.17, 15) is 4.79 Å². The van der Waals surface area contributed by atoms with Crippen molar-refractivity contribution in [2.45, 2.75) is 31.8 Å². The van der Waals surface area contributed by atoms with Crippen molar-refractivity contribution in [1.82, 2.24) is 4.90 Å². The van der Waals surface area contributed by atoms with Crippen LogP contribution in [0.5, 0.6) is 0 Å². The lowest BCUT2D eigenvalue weighted by atomic mass is 10.2. The molecule has 1 amide bonds. The molecule has 1 fully saturated rings. The Morgan fingerprint density at radius 2 is 2.36 bits per heavy atom. The fourth-order valence-electron chi connectivity index (χ4n) is 1.73. The van der Waals surface area contributed by atoms with Crippen LogP contribution in [0.1, 0.15) is 25.7 Å². The Morgan fingerprint density at radius 1 is 1.57 bits per heavy atom. The largest absolute Gasteiger partial charge is 0.380 e. The molecule has 0 aromatic heterocycles. The van der Waals surface area contributed by atoms with Gasteiger partial charge in [0.2, 0.25) is 5.91 Å². The number of likely N-dealkylation sites (tertiary alicyclic amines) is 1. The lowest BCUT2D eigenvalue weighted by Crippen LogP contribution is -2.29. The van der Waals surface area contributed by atoms with Crippen LogP contribution in [0.4, 0.5) is 0 Å². The fraction of sp³-hybridized carbons (Fsp3) is 0.900. The van der Waals surface area contributed by atoms with Crippen molar-refractivity contribution in [3.63, 3.8) is 0 Å². The van der Waals surface area contributed by atoms with Crippen LogP contribution in [-0.4, -0.2) is 43.7 Å². The maximum absolute atomic E-state index is 11.6. The van der Waals surface area contributed by atoms with Crippen molar-refractivity contribution in [2.24, 2.45) is 5.73 Å². The summed E-state index contributed by atoms with van der Waals surface area (Å²) in [7, 11) is 1.70. The number of hydrogen-bond acceptors (Lipinski definition) is 3. The predicted molar refractivity (Wildman–Crippen MR) is 54.9 cm³/mol. The predicted octanol–water partition coefficient (Wildman–Crippen LogP) is 0.363. The lowest BCUT2D eigenvalue weighted by molar-refractivity contribution is -0.130. The van der Waals surface area contributed by atoms with Gasteiger partial charge in [-0.05, 0) is 25.8 Å². The summed E-state index contributed by atoms with van der Waals surface area (Å²) in [4.78, 5) is 13.5. The molecule has 0 aromatic carbocycles. The van der Waals surface area contributed by atoms with Gasteiger partial charge in [-0.15, -0.1) is 0 Å². The van der Waals surface area contributed by atoms with Gasteiger partial charge in [-0.25, -0.2) is 0 Å². The molecule has 0 radical (unpaired) electrons. The van der Waals surface area contributed by atoms with E-state index in [0.29, 0.717) is 13.0 Å². The molecule has 1 aliphatic rings. The van der Waals surface area contributed by atoms with E-state index in [2.05, 4.69) is 0 Å². The highest BCUT2D eigenvalue weighted by molar-refractivity contribution is 5.76. The third kappa shape index (κ3) is 3.27. The van der Waals surface area contributed by atoms with E-state index in [4.69, 9.17) is 10.5 Å². The van der Waals surface area contributed by atoms with Gasteiger partial charge in [0.25, 0.3) is 0 Å². The highest BCUT2D eigenvalue weighted by atomic mass is 16.5. The zero-order valence-corrected chi connectivity index (χ0v) is 8.87. The van der Waals surface area contributed by atoms with Gasteiger partial charge in [0.15, 0.2) is 0 Å². The van der Waals surface area contributed by atoms with E-state index >= 15 is 0 Å². The van der Waals surface area contributed by atoms with E-state index < -0.39 is 0 Å². The second kappa shape index (κ2) is 5.98. The van der Waals surface area contributed by atoms with Crippen LogP contribution in [0.3, 0.4) is 0 Å². The molecule has 82 valence electrons. The molecule has 0 aliphatic carbocycles. The number of hydrogen-bond donors (Lipinski definition) is 1. The van der Waals surface area contributed by atoms with Crippen molar-refractivity contribution in [2.75, 3.05) is 26.7 Å². The van der Waals surface area contributed by atoms with Crippen LogP contribution in [0.25, 0.3) is 0 Å². The van der Waals surface area contributed by atoms with Gasteiger partial charge in [0.1, 0.15) is 0 Å². The smallest absolute Gasteiger partial charge is 0.222 e. The first-order valence-corrected chi connectivity index (χ1v) is 5.28. The Labute approximate surface area is 85.4 Å². The zero-order valence-electron chi connectivity index (χ0n) is 8.87. The fourth-order valence-corrected chi connectivity index (χ4v) is 1.73. The molecular weight excluding hydrogens is 180 g/mol. The molecule has 1 atom stereocenters. The maximum Gasteiger partial charge on any atom is 0.222 e. The number of amides is 1. The minimum Gasteiger partial charge on any atom is -0.380 e. The van der Waals surface area contributed by atoms with Crippen molar-refractivity contribution in [3.8, 4) is 0 Å². The van der Waals surface area contributed by atoms with Crippen molar-refractivity contribution in [1.29, 1.82) is 0 Å². The lowest BCUT2D eigenvalue weighted by Gasteiger charge is -2.15. The number of nitrogens with two attached hydrogens (primary N) is 1. The molecule has 1 heterocycles. The average Bonchev–Trinajstić information content (AvgIpc) is 2.66. The Morgan fingerprint density at radius 3 is 2.93 bits per heavy atom. The minimum atomic E-state index is 0.244. The monoisotopic (exact) mass is 200 g/mol. The molecule has 1 unspecified atom stereocenters. The first kappa shape index (κ1) is 11.5. The Kier molecular flexibility index (Phi) is 4.90. The summed E-state index contributed by atoms with van der Waals surface area (Å²) in [5.41, 5.74) is 5.37. The van der Waals surface area contributed by atoms with Crippen molar-refractivity contribution >= 4 is 5.91 Å². The summed E-state index contributed by atoms with van der Waals surface area (Å²) in [6.45, 7) is 2.28. The molecule has 0 aromatic rings. The van der Waals surface area contributed by atoms with Gasteiger partial charge in [0.05, 0.1) is 6.10 Å². The van der Waals surface area contributed by atoms with E-state index in [-0.39, 0.29) is 12.0 Å². The molecule has 14 heavy (non-hydrogen) atoms. The quantitative estimate of drug-likeness (QED) is 0.652. The number of nitrogens with zero attached hydrogens (tertiary/aromatic N) is 1. The van der Waals surface area contributed by atoms with Crippen LogP contribution in [0, 0.1) is 0 Å². The molecule has 4 heteroatoms. The Hall–Kier alpha value is -0.610. The van der Waals surface area contributed by atoms with Gasteiger partial charge in [-0.3, -0.25) is 4.79 Å². The second-order valence-electron chi connectivity index (χ2n) is 3.73. The normalized spacial score (nSPS) is 21.6. The number of carbonyl (C=O) groups is 1. The number of carbonyl (C=O) groups excluding carboxylic acids is 1. The number of unbranched alkanes of at least 4 members (excludes halogenated alkanes) is 1. The molecule has 4 nitrogen and oxygen atoms in total. The molecular formula is C10H20N2O2. The first-order chi connectivity index (χ1) is 6.77. The number of methoxy groups -OCH3 is 1. The van der Waals surface area contributed by atoms with E-state index in [1.54, 1.807) is 7.11 Å². The van der Waals surface area contributed by atoms with Crippen molar-refractivity contribution < 1.29 is 9.53 Å². The second-order valence-corrected chi connectivity index (χ2v) is 3.73. The third-order valence-electron chi connectivity index (χ3n) is 2.68. The summed E-state index contributed by atoms with van der Waals surface area (Å²) < 4.78 is 5.20. The summed E-state index contributed by atoms with van der Waals surface area (Å²) in [5.74, 6) is 0.248. The standard InChI is InChI=1S/C10H20N2O2/c1-14-9-5-7-12(8-9)10(13)4-2-3-6-11/h9H,2-8,11H2,1H3. The van der Waals surface area contributed by atoms with Gasteiger partial charge in [-0.1, -0.05) is 0 Å². The Bertz CT molecular complexity index is 185. The molecule has 2 N–H and O–H groups in total. The molecule has 0 spiro atoms. The van der Waals surface area contributed by atoms with E-state index in [1.807, 2.05) is 4.90 Å². The highest BCUT2D eigenvalue weighted by Crippen LogP contribution is 2.13. The van der Waals surface area contributed by atoms with Crippen LogP contribution >= 0.6 is 0 Å². The van der Waals surface area contributed by atoms with Gasteiger partial charge < -0.3 is 15.4 Å². The van der Waals surface area contributed by atoms with Crippen LogP contribution in [-0.2, 0) is 9.53 Å². The average molecular weight is 200 g/mol. The summed E-state index contributed by atoms with van der Waals surface area (Å²) >= 11 is 0. The van der Waals surface area contributed by atoms with E-state index in [0.717, 1.165) is 32.4 Å². The topological polar surface area (TPSA) is 55.6 Å². The molecule has 0 bridgehead atoms. The van der Waals surface area contributed by atoms with Crippen LogP contribution in [0.15, 0.2) is 0 Å². The summed E-state index contributed by atoms with van der Waals surface area (Å²) in [5, 5.41) is 0. The third-order valence-corrected chi connectivity index (χ3v) is 2.68. The van der Waals surface area contributed by atoms with Crippen LogP contribution < -0.4 is 5.73 Å². The molecule has 1 rings (SSSR count). The SMILES string of the molecule is COC1CCN(C(=O)CCCCN)C1. The number of ether oxygens (including phenoxy) is 1. The van der Waals surface area contributed by atoms with Gasteiger partial charge >= 0.3 is 0 Å². The maximum atomic E-state index is 11.6. The molecule has 1 saturated heterocycles. The van der Waals surface area contributed by atoms with E-state index in [1.165, 1.54) is 0 Å². The molecule has 1 aliphatic heterocycles. The Balaban J connectivity index is 2.18. The number of rotatable bonds is 5. The zero-order chi connectivity index (χ0) is 10.4. The van der Waals surface area contributed by atoms with Crippen LogP contribution in [0.2, 0.25) is 0 Å². The van der Waals surface area contributed by atoms with Crippen molar-refractivity contribution in [3.05, 3.63) is 0 Å². The summed E-state index contributed by atoms with van der Waals surface area (Å²) in [6, 6.07) is 0. The van der Waals surface area contributed by atoms with Gasteiger partial charge in [0, 0.05) is 26.6 Å². The minimum absolute atomic E-state index is 0.244. The summed E-state index contributed by atoms with van der Waals surface area (Å²) in [6.07, 6.45) is 3.69. The first-order valence-electron chi connectivity index (χ1n) is 5.28. The highest BCUT2D eigenvalue weighted by Gasteiger charge is 2.25. The van der Waals surface area contributed by atoms with Gasteiger partial charge in [-0.2, -0.15) is 0 Å². The molecule has 0 saturated carbocycles.